The Morgan fingerprint density at radius 1 is 1.45 bits per heavy atom. The maximum Gasteiger partial charge on any atom is 0.490 e. The summed E-state index contributed by atoms with van der Waals surface area (Å²) in [6.45, 7) is 1.63. The smallest absolute Gasteiger partial charge is 0.490 e. The van der Waals surface area contributed by atoms with Gasteiger partial charge in [-0.3, -0.25) is 0 Å². The van der Waals surface area contributed by atoms with Crippen molar-refractivity contribution in [3.05, 3.63) is 17.8 Å². The Hall–Kier alpha value is -1.07. The molecule has 3 N–H and O–H groups in total. The minimum atomic E-state index is -1.53. The first-order chi connectivity index (χ1) is 5.11. The van der Waals surface area contributed by atoms with Gasteiger partial charge in [0, 0.05) is 17.2 Å². The molecule has 0 aliphatic rings. The summed E-state index contributed by atoms with van der Waals surface area (Å²) in [5, 5.41) is 26.3. The molecule has 0 fully saturated rings. The van der Waals surface area contributed by atoms with Crippen molar-refractivity contribution in [2.24, 2.45) is 0 Å². The number of pyridine rings is 1. The van der Waals surface area contributed by atoms with Crippen LogP contribution in [0.25, 0.3) is 0 Å². The number of aromatic hydroxyl groups is 1. The van der Waals surface area contributed by atoms with Gasteiger partial charge in [0.2, 0.25) is 5.88 Å². The topological polar surface area (TPSA) is 73.6 Å². The molecule has 4 nitrogen and oxygen atoms in total. The Kier molecular flexibility index (Phi) is 2.12. The van der Waals surface area contributed by atoms with Gasteiger partial charge in [0.1, 0.15) is 0 Å². The van der Waals surface area contributed by atoms with Crippen molar-refractivity contribution in [3.63, 3.8) is 0 Å². The molecular formula is C6H8BNO3. The molecule has 0 spiro atoms. The molecule has 0 bridgehead atoms. The van der Waals surface area contributed by atoms with Crippen molar-refractivity contribution in [2.45, 2.75) is 6.92 Å². The van der Waals surface area contributed by atoms with Crippen molar-refractivity contribution in [1.29, 1.82) is 0 Å². The quantitative estimate of drug-likeness (QED) is 0.442. The first-order valence-corrected chi connectivity index (χ1v) is 3.13. The van der Waals surface area contributed by atoms with Crippen LogP contribution in [0.1, 0.15) is 5.56 Å². The van der Waals surface area contributed by atoms with Gasteiger partial charge in [-0.1, -0.05) is 6.07 Å². The lowest BCUT2D eigenvalue weighted by molar-refractivity contribution is 0.424. The highest BCUT2D eigenvalue weighted by atomic mass is 16.4. The molecule has 0 saturated carbocycles. The van der Waals surface area contributed by atoms with E-state index >= 15 is 0 Å². The van der Waals surface area contributed by atoms with Crippen LogP contribution < -0.4 is 5.46 Å². The average Bonchev–Trinajstić information content (AvgIpc) is 1.94. The molecule has 58 valence electrons. The van der Waals surface area contributed by atoms with Crippen LogP contribution in [-0.2, 0) is 0 Å². The predicted octanol–water partition coefficient (Wildman–Crippen LogP) is -1.22. The summed E-state index contributed by atoms with van der Waals surface area (Å²) in [6, 6.07) is 1.47. The van der Waals surface area contributed by atoms with E-state index in [9.17, 15) is 0 Å². The van der Waals surface area contributed by atoms with Crippen molar-refractivity contribution >= 4 is 12.6 Å². The van der Waals surface area contributed by atoms with E-state index in [2.05, 4.69) is 4.98 Å². The van der Waals surface area contributed by atoms with Crippen LogP contribution in [0.3, 0.4) is 0 Å². The molecule has 1 aromatic rings. The Morgan fingerprint density at radius 2 is 2.09 bits per heavy atom. The first kappa shape index (κ1) is 8.04. The Labute approximate surface area is 64.3 Å². The van der Waals surface area contributed by atoms with E-state index in [1.807, 2.05) is 0 Å². The zero-order chi connectivity index (χ0) is 8.43. The second kappa shape index (κ2) is 2.90. The summed E-state index contributed by atoms with van der Waals surface area (Å²) in [5.41, 5.74) is 0.802. The Balaban J connectivity index is 3.05. The highest BCUT2D eigenvalue weighted by Gasteiger charge is 2.11. The average molecular weight is 153 g/mol. The lowest BCUT2D eigenvalue weighted by Gasteiger charge is -2.00. The second-order valence-electron chi connectivity index (χ2n) is 2.28. The minimum absolute atomic E-state index is 0.0885. The summed E-state index contributed by atoms with van der Waals surface area (Å²) >= 11 is 0. The van der Waals surface area contributed by atoms with E-state index in [4.69, 9.17) is 15.2 Å². The number of rotatable bonds is 1. The van der Waals surface area contributed by atoms with Crippen LogP contribution in [0.5, 0.6) is 5.88 Å². The van der Waals surface area contributed by atoms with Crippen LogP contribution in [0.4, 0.5) is 0 Å². The van der Waals surface area contributed by atoms with Crippen LogP contribution in [0.2, 0.25) is 0 Å². The lowest BCUT2D eigenvalue weighted by atomic mass is 9.81. The van der Waals surface area contributed by atoms with Crippen molar-refractivity contribution in [3.8, 4) is 5.88 Å². The number of hydrogen-bond acceptors (Lipinski definition) is 4. The molecule has 0 unspecified atom stereocenters. The predicted molar refractivity (Wildman–Crippen MR) is 40.5 cm³/mol. The molecule has 0 aliphatic heterocycles. The van der Waals surface area contributed by atoms with E-state index in [-0.39, 0.29) is 11.3 Å². The molecule has 1 heterocycles. The van der Waals surface area contributed by atoms with Gasteiger partial charge in [-0.05, 0) is 6.92 Å². The van der Waals surface area contributed by atoms with Gasteiger partial charge in [-0.25, -0.2) is 4.98 Å². The summed E-state index contributed by atoms with van der Waals surface area (Å²) in [4.78, 5) is 3.54. The standard InChI is InChI=1S/C6H8BNO3/c1-4-2-5(7(10)11)3-8-6(4)9/h2-3,10-11H,1H3,(H,8,9). The van der Waals surface area contributed by atoms with Gasteiger partial charge >= 0.3 is 7.12 Å². The van der Waals surface area contributed by atoms with Gasteiger partial charge in [0.25, 0.3) is 0 Å². The van der Waals surface area contributed by atoms with E-state index in [0.717, 1.165) is 0 Å². The summed E-state index contributed by atoms with van der Waals surface area (Å²) < 4.78 is 0. The first-order valence-electron chi connectivity index (χ1n) is 3.13. The number of hydrogen-bond donors (Lipinski definition) is 3. The molecule has 11 heavy (non-hydrogen) atoms. The van der Waals surface area contributed by atoms with Crippen LogP contribution in [0, 0.1) is 6.92 Å². The van der Waals surface area contributed by atoms with Crippen molar-refractivity contribution in [1.82, 2.24) is 4.98 Å². The van der Waals surface area contributed by atoms with Crippen LogP contribution >= 0.6 is 0 Å². The molecule has 0 saturated heterocycles. The van der Waals surface area contributed by atoms with Crippen molar-refractivity contribution in [2.75, 3.05) is 0 Å². The SMILES string of the molecule is Cc1cc(B(O)O)cnc1O. The third-order valence-corrected chi connectivity index (χ3v) is 1.37. The van der Waals surface area contributed by atoms with Crippen LogP contribution in [-0.4, -0.2) is 27.3 Å². The number of nitrogens with zero attached hydrogens (tertiary/aromatic N) is 1. The van der Waals surface area contributed by atoms with Crippen molar-refractivity contribution < 1.29 is 15.2 Å². The highest BCUT2D eigenvalue weighted by molar-refractivity contribution is 6.58. The van der Waals surface area contributed by atoms with Gasteiger partial charge < -0.3 is 15.2 Å². The molecule has 0 aliphatic carbocycles. The minimum Gasteiger partial charge on any atom is -0.493 e. The third-order valence-electron chi connectivity index (χ3n) is 1.37. The molecule has 0 amide bonds. The van der Waals surface area contributed by atoms with Crippen LogP contribution in [0.15, 0.2) is 12.3 Å². The fraction of sp³-hybridized carbons (Fsp3) is 0.167. The third kappa shape index (κ3) is 1.69. The number of aryl methyl sites for hydroxylation is 1. The van der Waals surface area contributed by atoms with Gasteiger partial charge in [0.15, 0.2) is 0 Å². The zero-order valence-electron chi connectivity index (χ0n) is 6.02. The maximum absolute atomic E-state index is 8.95. The maximum atomic E-state index is 8.95. The second-order valence-corrected chi connectivity index (χ2v) is 2.28. The summed E-state index contributed by atoms with van der Waals surface area (Å²) in [5.74, 6) is -0.0885. The molecule has 5 heteroatoms. The molecule has 0 atom stereocenters. The zero-order valence-corrected chi connectivity index (χ0v) is 6.02. The Morgan fingerprint density at radius 3 is 2.55 bits per heavy atom. The Bertz CT molecular complexity index is 264. The fourth-order valence-corrected chi connectivity index (χ4v) is 0.731. The largest absolute Gasteiger partial charge is 0.493 e. The monoisotopic (exact) mass is 153 g/mol. The van der Waals surface area contributed by atoms with E-state index in [1.165, 1.54) is 12.3 Å². The fourth-order valence-electron chi connectivity index (χ4n) is 0.731. The summed E-state index contributed by atoms with van der Waals surface area (Å²) in [7, 11) is -1.53. The lowest BCUT2D eigenvalue weighted by Crippen LogP contribution is -2.30. The normalized spacial score (nSPS) is 9.73. The van der Waals surface area contributed by atoms with Gasteiger partial charge in [-0.2, -0.15) is 0 Å². The molecule has 0 radical (unpaired) electrons. The van der Waals surface area contributed by atoms with Gasteiger partial charge in [0.05, 0.1) is 0 Å². The van der Waals surface area contributed by atoms with E-state index in [0.29, 0.717) is 5.56 Å². The van der Waals surface area contributed by atoms with Gasteiger partial charge in [-0.15, -0.1) is 0 Å². The molecule has 1 rings (SSSR count). The molecular weight excluding hydrogens is 145 g/mol. The van der Waals surface area contributed by atoms with E-state index in [1.54, 1.807) is 6.92 Å². The van der Waals surface area contributed by atoms with E-state index < -0.39 is 7.12 Å². The summed E-state index contributed by atoms with van der Waals surface area (Å²) in [6.07, 6.45) is 1.22. The number of aromatic nitrogens is 1. The highest BCUT2D eigenvalue weighted by Crippen LogP contribution is 2.07. The molecule has 0 aromatic carbocycles. The molecule has 1 aromatic heterocycles.